The minimum absolute atomic E-state index is 0.146. The van der Waals surface area contributed by atoms with Gasteiger partial charge in [-0.05, 0) is 43.2 Å². The largest absolute Gasteiger partial charge is 0.493 e. The molecule has 0 saturated heterocycles. The smallest absolute Gasteiger partial charge is 0.452 e. The fraction of sp³-hybridized carbons (Fsp3) is 0.407. The molecule has 2 aliphatic rings. The highest BCUT2D eigenvalue weighted by Crippen LogP contribution is 2.54. The van der Waals surface area contributed by atoms with Crippen LogP contribution in [0.5, 0.6) is 11.5 Å². The number of thioether (sulfide) groups is 1. The van der Waals surface area contributed by atoms with Gasteiger partial charge in [-0.15, -0.1) is 32.2 Å². The fourth-order valence-electron chi connectivity index (χ4n) is 4.96. The molecule has 0 spiro atoms. The van der Waals surface area contributed by atoms with Gasteiger partial charge in [-0.25, -0.2) is 5.53 Å². The molecule has 2 N–H and O–H groups in total. The Morgan fingerprint density at radius 3 is 2.67 bits per heavy atom. The third-order valence-corrected chi connectivity index (χ3v) is 8.60. The Balaban J connectivity index is 1.49. The Morgan fingerprint density at radius 2 is 1.95 bits per heavy atom. The number of carbonyl (C=O) groups is 1. The number of hydrazine groups is 2. The lowest BCUT2D eigenvalue weighted by Crippen LogP contribution is -2.42. The number of hydrogen-bond acceptors (Lipinski definition) is 11. The third kappa shape index (κ3) is 6.48. The Hall–Kier alpha value is -3.69. The number of hydrogen-bond donors (Lipinski definition) is 2. The van der Waals surface area contributed by atoms with E-state index in [2.05, 4.69) is 26.3 Å². The number of halogens is 4. The zero-order valence-electron chi connectivity index (χ0n) is 23.4. The summed E-state index contributed by atoms with van der Waals surface area (Å²) in [5.74, 6) is 0.163. The number of carbonyl (C=O) groups excluding carboxylic acids is 1. The number of esters is 1. The maximum absolute atomic E-state index is 14.3. The highest BCUT2D eigenvalue weighted by Gasteiger charge is 2.43. The normalized spacial score (nSPS) is 18.1. The van der Waals surface area contributed by atoms with Gasteiger partial charge >= 0.3 is 12.1 Å². The molecule has 0 bridgehead atoms. The van der Waals surface area contributed by atoms with Crippen LogP contribution < -0.4 is 20.4 Å². The second-order valence-corrected chi connectivity index (χ2v) is 11.3. The molecule has 11 nitrogen and oxygen atoms in total. The molecule has 2 aromatic carbocycles. The monoisotopic (exact) mass is 639 g/mol. The summed E-state index contributed by atoms with van der Waals surface area (Å²) in [6.45, 7) is 2.34. The van der Waals surface area contributed by atoms with E-state index in [-0.39, 0.29) is 23.9 Å². The molecule has 2 aliphatic heterocycles. The van der Waals surface area contributed by atoms with Gasteiger partial charge in [-0.3, -0.25) is 14.8 Å². The molecule has 0 unspecified atom stereocenters. The zero-order valence-corrected chi connectivity index (χ0v) is 25.0. The van der Waals surface area contributed by atoms with E-state index in [9.17, 15) is 18.0 Å². The molecule has 3 aromatic rings. The Kier molecular flexibility index (Phi) is 9.22. The molecule has 5 rings (SSSR count). The molecule has 0 aliphatic carbocycles. The number of nitrogens with zero attached hydrogens (tertiary/aromatic N) is 5. The Labute approximate surface area is 254 Å². The molecule has 2 atom stereocenters. The number of fused-ring (bicyclic) bond motifs is 3. The number of methoxy groups -OCH3 is 2. The molecule has 3 heterocycles. The second-order valence-electron chi connectivity index (χ2n) is 9.52. The highest BCUT2D eigenvalue weighted by atomic mass is 35.5. The quantitative estimate of drug-likeness (QED) is 0.287. The minimum Gasteiger partial charge on any atom is -0.493 e. The Bertz CT molecular complexity index is 1520. The minimum atomic E-state index is -4.76. The molecule has 1 aromatic heterocycles. The number of benzene rings is 2. The summed E-state index contributed by atoms with van der Waals surface area (Å²) < 4.78 is 60.1. The van der Waals surface area contributed by atoms with E-state index in [1.54, 1.807) is 42.4 Å². The molecule has 0 fully saturated rings. The van der Waals surface area contributed by atoms with Crippen molar-refractivity contribution in [2.24, 2.45) is 5.10 Å². The maximum Gasteiger partial charge on any atom is 0.452 e. The van der Waals surface area contributed by atoms with Crippen LogP contribution in [0.4, 0.5) is 13.2 Å². The predicted molar refractivity (Wildman–Crippen MR) is 154 cm³/mol. The van der Waals surface area contributed by atoms with Gasteiger partial charge in [0.15, 0.2) is 17.3 Å². The number of ether oxygens (including phenoxy) is 3. The molecule has 16 heteroatoms. The van der Waals surface area contributed by atoms with Crippen molar-refractivity contribution >= 4 is 35.2 Å². The standard InChI is InChI=1S/C27H29ClF3N7O4S/c1-4-42-22(39)11-10-21-32-36-37(35-21)13-12-20-25-33-34-26(27(29,30)31)38(25)18-9-8-15(28)14-17(18)24(43-20)16-6-5-7-19(40-2)23(16)41-3/h5-9,14,20,24,36H,4,10-13H2,1-3H3,(H,32,35)/t20-,24-/m0/s1. The molecule has 43 heavy (non-hydrogen) atoms. The van der Waals surface area contributed by atoms with Gasteiger partial charge in [0, 0.05) is 23.6 Å². The van der Waals surface area contributed by atoms with E-state index in [1.807, 2.05) is 6.07 Å². The molecular formula is C27H29ClF3N7O4S. The maximum atomic E-state index is 14.3. The van der Waals surface area contributed by atoms with E-state index >= 15 is 0 Å². The fourth-order valence-corrected chi connectivity index (χ4v) is 6.66. The van der Waals surface area contributed by atoms with Gasteiger partial charge < -0.3 is 14.2 Å². The lowest BCUT2D eigenvalue weighted by atomic mass is 10.0. The summed E-state index contributed by atoms with van der Waals surface area (Å²) in [7, 11) is 3.03. The summed E-state index contributed by atoms with van der Waals surface area (Å²) in [5, 5.41) is 12.7. The van der Waals surface area contributed by atoms with Crippen LogP contribution in [0.25, 0.3) is 5.69 Å². The number of alkyl halides is 3. The number of rotatable bonds is 10. The van der Waals surface area contributed by atoms with Crippen LogP contribution in [0.15, 0.2) is 41.5 Å². The number of aromatic nitrogens is 3. The number of hydrazone groups is 1. The van der Waals surface area contributed by atoms with Crippen molar-refractivity contribution < 1.29 is 32.2 Å². The zero-order chi connectivity index (χ0) is 30.7. The lowest BCUT2D eigenvalue weighted by Gasteiger charge is -2.25. The summed E-state index contributed by atoms with van der Waals surface area (Å²) in [4.78, 5) is 11.7. The number of nitrogens with one attached hydrogen (secondary N) is 2. The van der Waals surface area contributed by atoms with Crippen LogP contribution in [0.1, 0.15) is 59.5 Å². The van der Waals surface area contributed by atoms with Gasteiger partial charge in [0.05, 0.1) is 43.4 Å². The average molecular weight is 640 g/mol. The summed E-state index contributed by atoms with van der Waals surface area (Å²) in [6, 6.07) is 10.2. The van der Waals surface area contributed by atoms with Crippen LogP contribution in [-0.4, -0.2) is 59.1 Å². The van der Waals surface area contributed by atoms with Gasteiger partial charge in [-0.2, -0.15) is 13.2 Å². The van der Waals surface area contributed by atoms with Crippen molar-refractivity contribution in [1.82, 2.24) is 30.8 Å². The SMILES string of the molecule is CCOC(=O)CCC1=NNN(CC[C@@H]2S[C@@H](c3cccc(OC)c3OC)c3cc(Cl)ccc3-n3c2nnc3C(F)(F)F)N1. The van der Waals surface area contributed by atoms with Gasteiger partial charge in [0.1, 0.15) is 5.84 Å². The van der Waals surface area contributed by atoms with Crippen LogP contribution in [0, 0.1) is 0 Å². The van der Waals surface area contributed by atoms with E-state index in [4.69, 9.17) is 25.8 Å². The first-order valence-electron chi connectivity index (χ1n) is 13.3. The van der Waals surface area contributed by atoms with Crippen molar-refractivity contribution in [1.29, 1.82) is 0 Å². The van der Waals surface area contributed by atoms with Gasteiger partial charge in [-0.1, -0.05) is 23.7 Å². The third-order valence-electron chi connectivity index (χ3n) is 6.81. The number of amidine groups is 1. The molecule has 0 amide bonds. The Morgan fingerprint density at radius 1 is 1.14 bits per heavy atom. The topological polar surface area (TPSA) is 115 Å². The van der Waals surface area contributed by atoms with Gasteiger partial charge in [0.25, 0.3) is 0 Å². The van der Waals surface area contributed by atoms with Gasteiger partial charge in [0.2, 0.25) is 5.82 Å². The van der Waals surface area contributed by atoms with Crippen molar-refractivity contribution in [3.05, 3.63) is 64.2 Å². The second kappa shape index (κ2) is 12.9. The van der Waals surface area contributed by atoms with Crippen LogP contribution in [0.3, 0.4) is 0 Å². The van der Waals surface area contributed by atoms with Crippen LogP contribution >= 0.6 is 23.4 Å². The van der Waals surface area contributed by atoms with Crippen molar-refractivity contribution in [2.75, 3.05) is 27.4 Å². The van der Waals surface area contributed by atoms with E-state index in [0.29, 0.717) is 59.5 Å². The molecule has 230 valence electrons. The highest BCUT2D eigenvalue weighted by molar-refractivity contribution is 8.00. The average Bonchev–Trinajstić information content (AvgIpc) is 3.61. The van der Waals surface area contributed by atoms with Crippen molar-refractivity contribution in [2.45, 2.75) is 42.9 Å². The van der Waals surface area contributed by atoms with E-state index in [0.717, 1.165) is 4.57 Å². The van der Waals surface area contributed by atoms with E-state index in [1.165, 1.54) is 26.0 Å². The van der Waals surface area contributed by atoms with E-state index < -0.39 is 22.5 Å². The first-order chi connectivity index (χ1) is 20.6. The molecule has 0 saturated carbocycles. The van der Waals surface area contributed by atoms with Crippen molar-refractivity contribution in [3.8, 4) is 17.2 Å². The van der Waals surface area contributed by atoms with Crippen molar-refractivity contribution in [3.63, 3.8) is 0 Å². The summed E-state index contributed by atoms with van der Waals surface area (Å²) in [6.07, 6.45) is -3.93. The van der Waals surface area contributed by atoms with Crippen LogP contribution in [0.2, 0.25) is 5.02 Å². The molecule has 0 radical (unpaired) electrons. The molecular weight excluding hydrogens is 611 g/mol. The first-order valence-corrected chi connectivity index (χ1v) is 14.7. The first kappa shape index (κ1) is 30.8. The summed E-state index contributed by atoms with van der Waals surface area (Å²) >= 11 is 7.82. The van der Waals surface area contributed by atoms with Crippen LogP contribution in [-0.2, 0) is 15.7 Å². The lowest BCUT2D eigenvalue weighted by molar-refractivity contribution is -0.146. The predicted octanol–water partition coefficient (Wildman–Crippen LogP) is 5.21. The summed E-state index contributed by atoms with van der Waals surface area (Å²) in [5.41, 5.74) is 7.43. The number of para-hydroxylation sites is 1.